The van der Waals surface area contributed by atoms with Gasteiger partial charge in [-0.05, 0) is 42.8 Å². The van der Waals surface area contributed by atoms with Crippen molar-refractivity contribution in [1.29, 1.82) is 0 Å². The molecule has 10 heteroatoms. The van der Waals surface area contributed by atoms with Crippen molar-refractivity contribution < 1.29 is 9.72 Å². The second kappa shape index (κ2) is 9.00. The zero-order chi connectivity index (χ0) is 23.7. The number of nitro groups is 1. The first-order valence-electron chi connectivity index (χ1n) is 9.82. The molecule has 1 aliphatic heterocycles. The number of aromatic nitrogens is 2. The van der Waals surface area contributed by atoms with Gasteiger partial charge in [-0.25, -0.2) is 4.68 Å². The van der Waals surface area contributed by atoms with E-state index in [1.54, 1.807) is 49.0 Å². The summed E-state index contributed by atoms with van der Waals surface area (Å²) in [6.45, 7) is 1.77. The highest BCUT2D eigenvalue weighted by Crippen LogP contribution is 2.35. The number of carbonyl (C=O) groups is 1. The van der Waals surface area contributed by atoms with Gasteiger partial charge in [0.2, 0.25) is 0 Å². The van der Waals surface area contributed by atoms with Crippen molar-refractivity contribution in [3.8, 4) is 5.69 Å². The molecule has 0 aliphatic carbocycles. The van der Waals surface area contributed by atoms with Crippen LogP contribution >= 0.6 is 24.0 Å². The molecule has 1 saturated heterocycles. The molecule has 166 valence electrons. The maximum absolute atomic E-state index is 13.3. The minimum Gasteiger partial charge on any atom is -0.283 e. The topological polar surface area (TPSA) is 90.4 Å². The Balaban J connectivity index is 1.63. The van der Waals surface area contributed by atoms with E-state index in [2.05, 4.69) is 0 Å². The number of para-hydroxylation sites is 1. The molecule has 0 saturated carbocycles. The van der Waals surface area contributed by atoms with Gasteiger partial charge in [-0.3, -0.25) is 29.3 Å². The van der Waals surface area contributed by atoms with Crippen molar-refractivity contribution in [2.45, 2.75) is 6.92 Å². The summed E-state index contributed by atoms with van der Waals surface area (Å²) in [6, 6.07) is 15.2. The third-order valence-corrected chi connectivity index (χ3v) is 6.50. The number of anilines is 1. The van der Waals surface area contributed by atoms with Crippen molar-refractivity contribution in [1.82, 2.24) is 9.36 Å². The first-order valence-corrected chi connectivity index (χ1v) is 11.0. The van der Waals surface area contributed by atoms with Gasteiger partial charge in [-0.15, -0.1) is 0 Å². The van der Waals surface area contributed by atoms with Crippen LogP contribution in [-0.2, 0) is 11.8 Å². The van der Waals surface area contributed by atoms with E-state index >= 15 is 0 Å². The lowest BCUT2D eigenvalue weighted by atomic mass is 10.2. The molecule has 0 radical (unpaired) electrons. The van der Waals surface area contributed by atoms with Gasteiger partial charge in [0.05, 0.1) is 21.2 Å². The monoisotopic (exact) mass is 478 g/mol. The fourth-order valence-corrected chi connectivity index (χ4v) is 4.66. The summed E-state index contributed by atoms with van der Waals surface area (Å²) in [5, 5.41) is 10.8. The Hall–Kier alpha value is -3.76. The molecule has 0 N–H and O–H groups in total. The molecule has 2 aromatic carbocycles. The van der Waals surface area contributed by atoms with Crippen LogP contribution in [0.2, 0.25) is 0 Å². The van der Waals surface area contributed by atoms with E-state index in [-0.39, 0.29) is 27.2 Å². The molecule has 1 amide bonds. The van der Waals surface area contributed by atoms with Gasteiger partial charge in [-0.1, -0.05) is 54.3 Å². The van der Waals surface area contributed by atoms with E-state index < -0.39 is 4.92 Å². The lowest BCUT2D eigenvalue weighted by Gasteiger charge is -2.12. The molecule has 2 heterocycles. The molecule has 1 aromatic heterocycles. The number of allylic oxidation sites excluding steroid dienone is 2. The zero-order valence-electron chi connectivity index (χ0n) is 17.7. The Labute approximate surface area is 198 Å². The van der Waals surface area contributed by atoms with Crippen LogP contribution < -0.4 is 10.5 Å². The Morgan fingerprint density at radius 2 is 1.73 bits per heavy atom. The molecule has 0 spiro atoms. The fourth-order valence-electron chi connectivity index (χ4n) is 3.44. The molecule has 0 bridgehead atoms. The molecule has 33 heavy (non-hydrogen) atoms. The van der Waals surface area contributed by atoms with Crippen molar-refractivity contribution in [3.63, 3.8) is 0 Å². The average Bonchev–Trinajstić information content (AvgIpc) is 3.20. The SMILES string of the molecule is Cc1c(N2C(=O)/C(=C/C=C/c3ccc([N+](=O)[O-])cc3)SC2=S)c(=O)n(-c2ccccc2)n1C. The second-order valence-electron chi connectivity index (χ2n) is 7.16. The largest absolute Gasteiger partial charge is 0.296 e. The number of thioether (sulfide) groups is 1. The van der Waals surface area contributed by atoms with E-state index in [0.717, 1.165) is 17.3 Å². The summed E-state index contributed by atoms with van der Waals surface area (Å²) in [5.41, 5.74) is 1.95. The quantitative estimate of drug-likeness (QED) is 0.234. The summed E-state index contributed by atoms with van der Waals surface area (Å²) in [5.74, 6) is -0.371. The third-order valence-electron chi connectivity index (χ3n) is 5.18. The first-order chi connectivity index (χ1) is 15.8. The van der Waals surface area contributed by atoms with Gasteiger partial charge in [0.15, 0.2) is 4.32 Å². The summed E-state index contributed by atoms with van der Waals surface area (Å²) < 4.78 is 3.48. The van der Waals surface area contributed by atoms with Crippen LogP contribution in [-0.4, -0.2) is 24.5 Å². The number of nitro benzene ring substituents is 1. The second-order valence-corrected chi connectivity index (χ2v) is 8.83. The molecule has 0 atom stereocenters. The highest BCUT2D eigenvalue weighted by molar-refractivity contribution is 8.27. The highest BCUT2D eigenvalue weighted by atomic mass is 32.2. The normalized spacial score (nSPS) is 15.2. The van der Waals surface area contributed by atoms with E-state index in [4.69, 9.17) is 12.2 Å². The van der Waals surface area contributed by atoms with Gasteiger partial charge >= 0.3 is 0 Å². The minimum absolute atomic E-state index is 0.00686. The maximum atomic E-state index is 13.3. The maximum Gasteiger partial charge on any atom is 0.296 e. The van der Waals surface area contributed by atoms with Crippen molar-refractivity contribution >= 4 is 51.7 Å². The number of hydrogen-bond donors (Lipinski definition) is 0. The van der Waals surface area contributed by atoms with Gasteiger partial charge in [0.1, 0.15) is 5.69 Å². The molecule has 0 unspecified atom stereocenters. The van der Waals surface area contributed by atoms with Crippen molar-refractivity contribution in [2.75, 3.05) is 4.90 Å². The van der Waals surface area contributed by atoms with Crippen LogP contribution in [0, 0.1) is 17.0 Å². The first kappa shape index (κ1) is 22.4. The number of benzene rings is 2. The molecule has 8 nitrogen and oxygen atoms in total. The van der Waals surface area contributed by atoms with Crippen LogP contribution in [0.4, 0.5) is 11.4 Å². The number of rotatable bonds is 5. The molecule has 1 fully saturated rings. The summed E-state index contributed by atoms with van der Waals surface area (Å²) in [4.78, 5) is 38.4. The Morgan fingerprint density at radius 3 is 2.36 bits per heavy atom. The van der Waals surface area contributed by atoms with Crippen molar-refractivity contribution in [3.05, 3.63) is 103 Å². The molecular weight excluding hydrogens is 460 g/mol. The number of hydrogen-bond acceptors (Lipinski definition) is 6. The molecule has 1 aliphatic rings. The number of amides is 1. The lowest BCUT2D eigenvalue weighted by molar-refractivity contribution is -0.384. The standard InChI is InChI=1S/C23H18N4O4S2/c1-15-20(22(29)26(24(15)2)17-8-4-3-5-9-17)25-21(28)19(33-23(25)32)10-6-7-16-11-13-18(14-12-16)27(30)31/h3-14H,1-2H3/b7-6+,19-10-. The summed E-state index contributed by atoms with van der Waals surface area (Å²) in [6.07, 6.45) is 5.02. The van der Waals surface area contributed by atoms with Crippen LogP contribution in [0.3, 0.4) is 0 Å². The Morgan fingerprint density at radius 1 is 1.06 bits per heavy atom. The van der Waals surface area contributed by atoms with Crippen LogP contribution in [0.15, 0.2) is 76.4 Å². The number of thiocarbonyl (C=S) groups is 1. The number of non-ortho nitro benzene ring substituents is 1. The summed E-state index contributed by atoms with van der Waals surface area (Å²) in [7, 11) is 1.76. The van der Waals surface area contributed by atoms with E-state index in [9.17, 15) is 19.7 Å². The Bertz CT molecular complexity index is 1390. The highest BCUT2D eigenvalue weighted by Gasteiger charge is 2.37. The van der Waals surface area contributed by atoms with Gasteiger partial charge in [0, 0.05) is 19.2 Å². The van der Waals surface area contributed by atoms with Crippen LogP contribution in [0.1, 0.15) is 11.3 Å². The predicted octanol–water partition coefficient (Wildman–Crippen LogP) is 4.35. The third kappa shape index (κ3) is 4.18. The molecule has 4 rings (SSSR count). The number of carbonyl (C=O) groups excluding carboxylic acids is 1. The lowest BCUT2D eigenvalue weighted by Crippen LogP contribution is -2.33. The summed E-state index contributed by atoms with van der Waals surface area (Å²) >= 11 is 6.55. The predicted molar refractivity (Wildman–Crippen MR) is 134 cm³/mol. The Kier molecular flexibility index (Phi) is 6.12. The van der Waals surface area contributed by atoms with E-state index in [1.165, 1.54) is 21.7 Å². The van der Waals surface area contributed by atoms with Gasteiger partial charge in [0.25, 0.3) is 17.2 Å². The van der Waals surface area contributed by atoms with Crippen LogP contribution in [0.25, 0.3) is 11.8 Å². The fraction of sp³-hybridized carbons (Fsp3) is 0.0870. The smallest absolute Gasteiger partial charge is 0.283 e. The van der Waals surface area contributed by atoms with Gasteiger partial charge < -0.3 is 0 Å². The average molecular weight is 479 g/mol. The zero-order valence-corrected chi connectivity index (χ0v) is 19.3. The van der Waals surface area contributed by atoms with Crippen LogP contribution in [0.5, 0.6) is 0 Å². The van der Waals surface area contributed by atoms with E-state index in [1.807, 2.05) is 30.3 Å². The molecule has 3 aromatic rings. The van der Waals surface area contributed by atoms with Crippen molar-refractivity contribution in [2.24, 2.45) is 7.05 Å². The van der Waals surface area contributed by atoms with E-state index in [0.29, 0.717) is 16.3 Å². The molecular formula is C23H18N4O4S2. The van der Waals surface area contributed by atoms with Gasteiger partial charge in [-0.2, -0.15) is 0 Å². The minimum atomic E-state index is -0.462. The number of nitrogens with zero attached hydrogens (tertiary/aromatic N) is 4.